The highest BCUT2D eigenvalue weighted by atomic mass is 32.1. The molecule has 18 heavy (non-hydrogen) atoms. The van der Waals surface area contributed by atoms with Crippen LogP contribution in [-0.2, 0) is 6.18 Å². The quantitative estimate of drug-likeness (QED) is 0.809. The highest BCUT2D eigenvalue weighted by Crippen LogP contribution is 2.35. The normalized spacial score (nSPS) is 11.8. The number of thiazole rings is 1. The van der Waals surface area contributed by atoms with Crippen LogP contribution in [0, 0.1) is 11.6 Å². The molecule has 0 fully saturated rings. The van der Waals surface area contributed by atoms with Gasteiger partial charge >= 0.3 is 6.18 Å². The van der Waals surface area contributed by atoms with Crippen molar-refractivity contribution in [1.82, 2.24) is 4.98 Å². The molecule has 0 spiro atoms. The Morgan fingerprint density at radius 1 is 1.11 bits per heavy atom. The molecule has 0 aliphatic carbocycles. The van der Waals surface area contributed by atoms with Gasteiger partial charge < -0.3 is 5.73 Å². The zero-order valence-corrected chi connectivity index (χ0v) is 9.37. The number of anilines is 1. The van der Waals surface area contributed by atoms with Gasteiger partial charge in [0.05, 0.1) is 11.3 Å². The summed E-state index contributed by atoms with van der Waals surface area (Å²) in [7, 11) is 0. The first-order valence-corrected chi connectivity index (χ1v) is 5.44. The molecule has 0 amide bonds. The van der Waals surface area contributed by atoms with Crippen molar-refractivity contribution in [3.63, 3.8) is 0 Å². The van der Waals surface area contributed by atoms with Crippen LogP contribution in [-0.4, -0.2) is 4.98 Å². The summed E-state index contributed by atoms with van der Waals surface area (Å²) < 4.78 is 63.8. The van der Waals surface area contributed by atoms with Crippen LogP contribution >= 0.6 is 11.3 Å². The summed E-state index contributed by atoms with van der Waals surface area (Å²) in [6.45, 7) is 0. The largest absolute Gasteiger partial charge is 0.419 e. The smallest absolute Gasteiger partial charge is 0.375 e. The number of benzene rings is 1. The van der Waals surface area contributed by atoms with Crippen LogP contribution in [0.5, 0.6) is 0 Å². The molecule has 0 bridgehead atoms. The van der Waals surface area contributed by atoms with Gasteiger partial charge in [-0.25, -0.2) is 13.8 Å². The zero-order chi connectivity index (χ0) is 13.5. The zero-order valence-electron chi connectivity index (χ0n) is 8.55. The van der Waals surface area contributed by atoms with E-state index in [4.69, 9.17) is 5.73 Å². The Morgan fingerprint density at radius 2 is 1.78 bits per heavy atom. The van der Waals surface area contributed by atoms with Crippen LogP contribution in [0.25, 0.3) is 11.3 Å². The Hall–Kier alpha value is -1.70. The van der Waals surface area contributed by atoms with Gasteiger partial charge in [-0.2, -0.15) is 13.2 Å². The van der Waals surface area contributed by atoms with Gasteiger partial charge in [0.15, 0.2) is 5.13 Å². The Bertz CT molecular complexity index is 590. The summed E-state index contributed by atoms with van der Waals surface area (Å²) in [6.07, 6.45) is -4.94. The van der Waals surface area contributed by atoms with E-state index in [1.54, 1.807) is 0 Å². The molecule has 1 aromatic carbocycles. The third-order valence-electron chi connectivity index (χ3n) is 2.16. The molecule has 0 unspecified atom stereocenters. The predicted octanol–water partition coefficient (Wildman–Crippen LogP) is 3.69. The van der Waals surface area contributed by atoms with Crippen molar-refractivity contribution in [2.24, 2.45) is 0 Å². The number of nitrogens with zero attached hydrogens (tertiary/aromatic N) is 1. The number of alkyl halides is 3. The maximum atomic E-state index is 13.5. The van der Waals surface area contributed by atoms with E-state index in [1.165, 1.54) is 5.38 Å². The highest BCUT2D eigenvalue weighted by Gasteiger charge is 2.35. The summed E-state index contributed by atoms with van der Waals surface area (Å²) in [4.78, 5) is 3.68. The Kier molecular flexibility index (Phi) is 2.97. The van der Waals surface area contributed by atoms with Crippen LogP contribution in [0.15, 0.2) is 17.5 Å². The maximum Gasteiger partial charge on any atom is 0.419 e. The number of rotatable bonds is 1. The highest BCUT2D eigenvalue weighted by molar-refractivity contribution is 7.13. The molecule has 2 nitrogen and oxygen atoms in total. The molecule has 0 aliphatic rings. The van der Waals surface area contributed by atoms with Crippen LogP contribution in [0.3, 0.4) is 0 Å². The van der Waals surface area contributed by atoms with Gasteiger partial charge in [-0.1, -0.05) is 0 Å². The predicted molar refractivity (Wildman–Crippen MR) is 56.9 cm³/mol. The van der Waals surface area contributed by atoms with Crippen LogP contribution < -0.4 is 5.73 Å². The Morgan fingerprint density at radius 3 is 2.28 bits per heavy atom. The average Bonchev–Trinajstić information content (AvgIpc) is 2.66. The molecule has 1 heterocycles. The molecule has 2 aromatic rings. The Labute approximate surface area is 102 Å². The van der Waals surface area contributed by atoms with Gasteiger partial charge in [0.2, 0.25) is 0 Å². The minimum absolute atomic E-state index is 0.00243. The van der Waals surface area contributed by atoms with Gasteiger partial charge in [0, 0.05) is 10.9 Å². The van der Waals surface area contributed by atoms with E-state index in [9.17, 15) is 22.0 Å². The molecule has 0 aliphatic heterocycles. The number of halogens is 5. The standard InChI is InChI=1S/C10H5F5N2S/c11-6-2-5(10(13,14)15)7(12)1-4(6)8-3-18-9(16)17-8/h1-3H,(H2,16,17). The molecule has 0 saturated carbocycles. The molecular weight excluding hydrogens is 275 g/mol. The fraction of sp³-hybridized carbons (Fsp3) is 0.100. The first-order chi connectivity index (χ1) is 8.29. The summed E-state index contributed by atoms with van der Waals surface area (Å²) in [5, 5.41) is 1.45. The molecule has 1 aromatic heterocycles. The van der Waals surface area contributed by atoms with Gasteiger partial charge in [0.25, 0.3) is 0 Å². The van der Waals surface area contributed by atoms with E-state index >= 15 is 0 Å². The van der Waals surface area contributed by atoms with Crippen LogP contribution in [0.2, 0.25) is 0 Å². The average molecular weight is 280 g/mol. The lowest BCUT2D eigenvalue weighted by molar-refractivity contribution is -0.140. The van der Waals surface area contributed by atoms with E-state index in [1.807, 2.05) is 0 Å². The molecule has 96 valence electrons. The molecular formula is C10H5F5N2S. The van der Waals surface area contributed by atoms with E-state index in [0.717, 1.165) is 11.3 Å². The second-order valence-corrected chi connectivity index (χ2v) is 4.27. The third-order valence-corrected chi connectivity index (χ3v) is 2.83. The third kappa shape index (κ3) is 2.28. The van der Waals surface area contributed by atoms with Gasteiger partial charge in [0.1, 0.15) is 11.6 Å². The van der Waals surface area contributed by atoms with Gasteiger partial charge in [-0.3, -0.25) is 0 Å². The van der Waals surface area contributed by atoms with Crippen molar-refractivity contribution in [3.05, 3.63) is 34.7 Å². The van der Waals surface area contributed by atoms with Crippen molar-refractivity contribution in [1.29, 1.82) is 0 Å². The number of aromatic nitrogens is 1. The minimum Gasteiger partial charge on any atom is -0.375 e. The summed E-state index contributed by atoms with van der Waals surface area (Å²) in [5.41, 5.74) is 3.32. The van der Waals surface area contributed by atoms with Crippen molar-refractivity contribution in [3.8, 4) is 11.3 Å². The first-order valence-electron chi connectivity index (χ1n) is 4.56. The monoisotopic (exact) mass is 280 g/mol. The van der Waals surface area contributed by atoms with Crippen molar-refractivity contribution in [2.45, 2.75) is 6.18 Å². The van der Waals surface area contributed by atoms with Crippen molar-refractivity contribution >= 4 is 16.5 Å². The van der Waals surface area contributed by atoms with Crippen molar-refractivity contribution in [2.75, 3.05) is 5.73 Å². The fourth-order valence-electron chi connectivity index (χ4n) is 1.37. The van der Waals surface area contributed by atoms with Gasteiger partial charge in [-0.05, 0) is 12.1 Å². The van der Waals surface area contributed by atoms with Crippen LogP contribution in [0.4, 0.5) is 27.1 Å². The van der Waals surface area contributed by atoms with E-state index in [-0.39, 0.29) is 22.5 Å². The minimum atomic E-state index is -4.94. The first kappa shape index (κ1) is 12.7. The molecule has 0 radical (unpaired) electrons. The molecule has 0 saturated heterocycles. The second-order valence-electron chi connectivity index (χ2n) is 3.38. The summed E-state index contributed by atoms with van der Waals surface area (Å²) >= 11 is 0.979. The number of hydrogen-bond acceptors (Lipinski definition) is 3. The topological polar surface area (TPSA) is 38.9 Å². The fourth-order valence-corrected chi connectivity index (χ4v) is 1.93. The molecule has 2 N–H and O–H groups in total. The van der Waals surface area contributed by atoms with Crippen molar-refractivity contribution < 1.29 is 22.0 Å². The maximum absolute atomic E-state index is 13.5. The molecule has 2 rings (SSSR count). The SMILES string of the molecule is Nc1nc(-c2cc(F)c(C(F)(F)F)cc2F)cs1. The number of nitrogens with two attached hydrogens (primary N) is 1. The van der Waals surface area contributed by atoms with E-state index < -0.39 is 23.4 Å². The second kappa shape index (κ2) is 4.20. The lowest BCUT2D eigenvalue weighted by atomic mass is 10.1. The lowest BCUT2D eigenvalue weighted by Gasteiger charge is -2.09. The van der Waals surface area contributed by atoms with E-state index in [2.05, 4.69) is 4.98 Å². The Balaban J connectivity index is 2.56. The van der Waals surface area contributed by atoms with Gasteiger partial charge in [-0.15, -0.1) is 11.3 Å². The number of hydrogen-bond donors (Lipinski definition) is 1. The summed E-state index contributed by atoms with van der Waals surface area (Å²) in [5.74, 6) is -2.75. The summed E-state index contributed by atoms with van der Waals surface area (Å²) in [6, 6.07) is 0.576. The van der Waals surface area contributed by atoms with Crippen LogP contribution in [0.1, 0.15) is 5.56 Å². The molecule has 0 atom stereocenters. The molecule has 8 heteroatoms. The lowest BCUT2D eigenvalue weighted by Crippen LogP contribution is -2.09. The van der Waals surface area contributed by atoms with E-state index in [0.29, 0.717) is 6.07 Å². The number of nitrogen functional groups attached to an aromatic ring is 1.